The summed E-state index contributed by atoms with van der Waals surface area (Å²) in [4.78, 5) is 22.1. The molecule has 3 unspecified atom stereocenters. The molecule has 2 aliphatic rings. The fraction of sp³-hybridized carbons (Fsp3) is 0.538. The Morgan fingerprint density at radius 2 is 2.11 bits per heavy atom. The zero-order chi connectivity index (χ0) is 12.6. The Hall–Kier alpha value is -0.580. The van der Waals surface area contributed by atoms with Gasteiger partial charge >= 0.3 is 41.5 Å². The number of hydrogen-bond acceptors (Lipinski definition) is 2. The minimum atomic E-state index is -1.18. The van der Waals surface area contributed by atoms with Crippen molar-refractivity contribution in [2.45, 2.75) is 26.2 Å². The SMILES string of the molecule is CCC1CC2C=CC1(/C(=C/C(=O)O)C(=O)O)C2.[NaH]. The van der Waals surface area contributed by atoms with E-state index in [4.69, 9.17) is 5.11 Å². The van der Waals surface area contributed by atoms with Gasteiger partial charge < -0.3 is 10.2 Å². The van der Waals surface area contributed by atoms with E-state index in [1.54, 1.807) is 0 Å². The van der Waals surface area contributed by atoms with E-state index < -0.39 is 17.4 Å². The summed E-state index contributed by atoms with van der Waals surface area (Å²) in [6, 6.07) is 0. The molecule has 2 rings (SSSR count). The van der Waals surface area contributed by atoms with E-state index in [1.807, 2.05) is 19.1 Å². The Balaban J connectivity index is 0.00000162. The summed E-state index contributed by atoms with van der Waals surface area (Å²) in [6.07, 6.45) is 7.41. The van der Waals surface area contributed by atoms with Crippen molar-refractivity contribution in [2.75, 3.05) is 0 Å². The van der Waals surface area contributed by atoms with Gasteiger partial charge in [-0.3, -0.25) is 0 Å². The molecule has 0 saturated heterocycles. The number of allylic oxidation sites excluding steroid dienone is 2. The van der Waals surface area contributed by atoms with Gasteiger partial charge in [0.1, 0.15) is 0 Å². The van der Waals surface area contributed by atoms with Crippen LogP contribution in [-0.2, 0) is 9.59 Å². The average Bonchev–Trinajstić information content (AvgIpc) is 2.82. The van der Waals surface area contributed by atoms with E-state index in [2.05, 4.69) is 0 Å². The van der Waals surface area contributed by atoms with Gasteiger partial charge in [0, 0.05) is 11.5 Å². The van der Waals surface area contributed by atoms with Gasteiger partial charge in [-0.1, -0.05) is 25.5 Å². The van der Waals surface area contributed by atoms with Crippen LogP contribution in [0.2, 0.25) is 0 Å². The molecule has 1 fully saturated rings. The summed E-state index contributed by atoms with van der Waals surface area (Å²) in [6.45, 7) is 2.03. The zero-order valence-electron chi connectivity index (χ0n) is 9.72. The maximum absolute atomic E-state index is 11.3. The molecule has 0 spiro atoms. The van der Waals surface area contributed by atoms with E-state index in [1.165, 1.54) is 0 Å². The summed E-state index contributed by atoms with van der Waals surface area (Å²) >= 11 is 0. The number of rotatable bonds is 4. The van der Waals surface area contributed by atoms with Crippen molar-refractivity contribution >= 4 is 41.5 Å². The molecule has 5 heteroatoms. The maximum atomic E-state index is 11.3. The van der Waals surface area contributed by atoms with Gasteiger partial charge in [0.25, 0.3) is 0 Å². The molecule has 0 radical (unpaired) electrons. The molecular weight excluding hydrogens is 243 g/mol. The summed E-state index contributed by atoms with van der Waals surface area (Å²) < 4.78 is 0. The number of carboxylic acids is 2. The zero-order valence-corrected chi connectivity index (χ0v) is 9.72. The van der Waals surface area contributed by atoms with Crippen LogP contribution in [0.1, 0.15) is 26.2 Å². The average molecular weight is 260 g/mol. The third-order valence-corrected chi connectivity index (χ3v) is 4.07. The van der Waals surface area contributed by atoms with Gasteiger partial charge in [0.2, 0.25) is 0 Å². The van der Waals surface area contributed by atoms with Crippen LogP contribution in [0.5, 0.6) is 0 Å². The Labute approximate surface area is 128 Å². The normalized spacial score (nSPS) is 33.3. The second-order valence-electron chi connectivity index (χ2n) is 4.91. The number of carbonyl (C=O) groups is 2. The van der Waals surface area contributed by atoms with Gasteiger partial charge in [-0.2, -0.15) is 0 Å². The first-order valence-electron chi connectivity index (χ1n) is 5.87. The van der Waals surface area contributed by atoms with Crippen LogP contribution in [0.4, 0.5) is 0 Å². The summed E-state index contributed by atoms with van der Waals surface area (Å²) in [5.41, 5.74) is -0.517. The van der Waals surface area contributed by atoms with Crippen LogP contribution in [0, 0.1) is 17.3 Å². The number of aliphatic carboxylic acids is 2. The Bertz CT molecular complexity index is 427. The summed E-state index contributed by atoms with van der Waals surface area (Å²) in [5, 5.41) is 18.1. The monoisotopic (exact) mass is 260 g/mol. The molecule has 18 heavy (non-hydrogen) atoms. The summed E-state index contributed by atoms with van der Waals surface area (Å²) in [5.74, 6) is -1.64. The Morgan fingerprint density at radius 1 is 1.44 bits per heavy atom. The molecule has 1 saturated carbocycles. The fourth-order valence-corrected chi connectivity index (χ4v) is 3.39. The topological polar surface area (TPSA) is 74.6 Å². The van der Waals surface area contributed by atoms with Crippen molar-refractivity contribution in [3.05, 3.63) is 23.8 Å². The molecule has 0 aromatic rings. The summed E-state index contributed by atoms with van der Waals surface area (Å²) in [7, 11) is 0. The second kappa shape index (κ2) is 5.59. The van der Waals surface area contributed by atoms with E-state index in [0.29, 0.717) is 5.92 Å². The molecule has 4 nitrogen and oxygen atoms in total. The van der Waals surface area contributed by atoms with Crippen molar-refractivity contribution in [3.8, 4) is 0 Å². The molecule has 94 valence electrons. The van der Waals surface area contributed by atoms with Gasteiger partial charge in [0.05, 0.1) is 5.57 Å². The van der Waals surface area contributed by atoms with Crippen LogP contribution < -0.4 is 0 Å². The van der Waals surface area contributed by atoms with Crippen LogP contribution in [0.15, 0.2) is 23.8 Å². The van der Waals surface area contributed by atoms with Crippen molar-refractivity contribution in [1.29, 1.82) is 0 Å². The first-order valence-corrected chi connectivity index (χ1v) is 5.87. The first-order chi connectivity index (χ1) is 7.99. The third kappa shape index (κ3) is 2.42. The fourth-order valence-electron chi connectivity index (χ4n) is 3.39. The van der Waals surface area contributed by atoms with E-state index in [0.717, 1.165) is 25.3 Å². The van der Waals surface area contributed by atoms with Crippen molar-refractivity contribution in [2.24, 2.45) is 17.3 Å². The third-order valence-electron chi connectivity index (χ3n) is 4.07. The molecular formula is C13H17NaO4. The van der Waals surface area contributed by atoms with E-state index in [-0.39, 0.29) is 41.0 Å². The number of hydrogen-bond donors (Lipinski definition) is 2. The molecule has 0 amide bonds. The molecule has 0 aliphatic heterocycles. The van der Waals surface area contributed by atoms with Gasteiger partial charge in [-0.15, -0.1) is 0 Å². The van der Waals surface area contributed by atoms with Crippen molar-refractivity contribution < 1.29 is 19.8 Å². The molecule has 2 bridgehead atoms. The van der Waals surface area contributed by atoms with Crippen LogP contribution in [0.3, 0.4) is 0 Å². The van der Waals surface area contributed by atoms with E-state index in [9.17, 15) is 14.7 Å². The molecule has 2 aliphatic carbocycles. The standard InChI is InChI=1S/C13H16O4.Na.H/c1-2-9-5-8-3-4-13(9,7-8)10(12(16)17)6-11(14)15;;/h3-4,6,8-9H,2,5,7H2,1H3,(H,14,15)(H,16,17);;/b10-6+;;. The molecule has 0 aromatic heterocycles. The first kappa shape index (κ1) is 15.5. The van der Waals surface area contributed by atoms with Crippen LogP contribution in [-0.4, -0.2) is 51.7 Å². The Morgan fingerprint density at radius 3 is 2.56 bits per heavy atom. The number of fused-ring (bicyclic) bond motifs is 2. The van der Waals surface area contributed by atoms with Crippen molar-refractivity contribution in [3.63, 3.8) is 0 Å². The molecule has 0 aromatic carbocycles. The number of carboxylic acid groups (broad SMARTS) is 2. The van der Waals surface area contributed by atoms with Crippen molar-refractivity contribution in [1.82, 2.24) is 0 Å². The van der Waals surface area contributed by atoms with Gasteiger partial charge in [-0.05, 0) is 24.7 Å². The van der Waals surface area contributed by atoms with E-state index >= 15 is 0 Å². The molecule has 2 N–H and O–H groups in total. The minimum absolute atomic E-state index is 0. The van der Waals surface area contributed by atoms with Crippen LogP contribution in [0.25, 0.3) is 0 Å². The van der Waals surface area contributed by atoms with Gasteiger partial charge in [-0.25, -0.2) is 9.59 Å². The van der Waals surface area contributed by atoms with Crippen LogP contribution >= 0.6 is 0 Å². The van der Waals surface area contributed by atoms with Gasteiger partial charge in [0.15, 0.2) is 0 Å². The molecule has 0 heterocycles. The molecule has 3 atom stereocenters. The predicted octanol–water partition coefficient (Wildman–Crippen LogP) is 1.43. The predicted molar refractivity (Wildman–Crippen MR) is 68.6 cm³/mol. The Kier molecular flexibility index (Phi) is 4.81. The second-order valence-corrected chi connectivity index (χ2v) is 4.91. The quantitative estimate of drug-likeness (QED) is 0.455.